The van der Waals surface area contributed by atoms with Crippen LogP contribution < -0.4 is 0 Å². The monoisotopic (exact) mass is 401 g/mol. The van der Waals surface area contributed by atoms with Gasteiger partial charge in [-0.25, -0.2) is 8.42 Å². The Morgan fingerprint density at radius 1 is 0.964 bits per heavy atom. The second kappa shape index (κ2) is 9.01. The van der Waals surface area contributed by atoms with E-state index in [4.69, 9.17) is 4.74 Å². The molecule has 1 heterocycles. The predicted octanol–water partition coefficient (Wildman–Crippen LogP) is 1.99. The molecule has 1 aliphatic heterocycles. The summed E-state index contributed by atoms with van der Waals surface area (Å²) in [4.78, 5) is 26.3. The zero-order valence-corrected chi connectivity index (χ0v) is 16.3. The van der Waals surface area contributed by atoms with E-state index >= 15 is 0 Å². The number of esters is 1. The zero-order valence-electron chi connectivity index (χ0n) is 15.5. The summed E-state index contributed by atoms with van der Waals surface area (Å²) >= 11 is 0. The molecule has 28 heavy (non-hydrogen) atoms. The highest BCUT2D eigenvalue weighted by Crippen LogP contribution is 2.20. The normalized spacial score (nSPS) is 17.8. The number of benzene rings is 2. The topological polar surface area (TPSA) is 80.8 Å². The molecule has 2 aromatic carbocycles. The standard InChI is InChI=1S/C21H23NO5S/c23-20(15-27-21(24)13-17-7-3-1-4-8-17)22(14-18-9-5-2-6-10-18)19-11-12-28(25,26)16-19/h1-10,19H,11-16H2/t19-/m1/s1. The Hall–Kier alpha value is -2.67. The summed E-state index contributed by atoms with van der Waals surface area (Å²) in [5.41, 5.74) is 1.71. The second-order valence-corrected chi connectivity index (χ2v) is 9.12. The third-order valence-electron chi connectivity index (χ3n) is 4.71. The summed E-state index contributed by atoms with van der Waals surface area (Å²) in [6.45, 7) is -0.106. The summed E-state index contributed by atoms with van der Waals surface area (Å²) in [5.74, 6) is -0.848. The third kappa shape index (κ3) is 5.66. The van der Waals surface area contributed by atoms with Crippen molar-refractivity contribution in [1.82, 2.24) is 4.90 Å². The van der Waals surface area contributed by atoms with Gasteiger partial charge in [0, 0.05) is 12.6 Å². The molecule has 0 bridgehead atoms. The highest BCUT2D eigenvalue weighted by atomic mass is 32.2. The first-order chi connectivity index (χ1) is 13.4. The molecule has 0 saturated carbocycles. The van der Waals surface area contributed by atoms with E-state index in [0.29, 0.717) is 6.42 Å². The van der Waals surface area contributed by atoms with Crippen molar-refractivity contribution in [3.63, 3.8) is 0 Å². The molecule has 1 saturated heterocycles. The molecule has 2 aromatic rings. The second-order valence-electron chi connectivity index (χ2n) is 6.89. The van der Waals surface area contributed by atoms with Crippen LogP contribution in [0, 0.1) is 0 Å². The van der Waals surface area contributed by atoms with Crippen molar-refractivity contribution in [1.29, 1.82) is 0 Å². The molecule has 1 fully saturated rings. The summed E-state index contributed by atoms with van der Waals surface area (Å²) in [7, 11) is -3.14. The number of ether oxygens (including phenoxy) is 1. The number of carbonyl (C=O) groups is 2. The predicted molar refractivity (Wildman–Crippen MR) is 105 cm³/mol. The van der Waals surface area contributed by atoms with E-state index in [1.54, 1.807) is 0 Å². The van der Waals surface area contributed by atoms with Crippen molar-refractivity contribution in [3.05, 3.63) is 71.8 Å². The number of hydrogen-bond donors (Lipinski definition) is 0. The van der Waals surface area contributed by atoms with Gasteiger partial charge in [0.05, 0.1) is 17.9 Å². The van der Waals surface area contributed by atoms with Crippen molar-refractivity contribution in [2.75, 3.05) is 18.1 Å². The van der Waals surface area contributed by atoms with Crippen LogP contribution in [-0.4, -0.2) is 49.3 Å². The summed E-state index contributed by atoms with van der Waals surface area (Å²) in [6, 6.07) is 18.1. The lowest BCUT2D eigenvalue weighted by Crippen LogP contribution is -2.42. The molecule has 0 unspecified atom stereocenters. The number of nitrogens with zero attached hydrogens (tertiary/aromatic N) is 1. The molecule has 6 nitrogen and oxygen atoms in total. The Kier molecular flexibility index (Phi) is 6.46. The molecular formula is C21H23NO5S. The van der Waals surface area contributed by atoms with Gasteiger partial charge in [-0.05, 0) is 17.5 Å². The minimum absolute atomic E-state index is 0.0520. The highest BCUT2D eigenvalue weighted by Gasteiger charge is 2.34. The maximum atomic E-state index is 12.8. The van der Waals surface area contributed by atoms with Gasteiger partial charge in [-0.15, -0.1) is 0 Å². The SMILES string of the molecule is O=C(Cc1ccccc1)OCC(=O)N(Cc1ccccc1)[C@@H]1CCS(=O)(=O)C1. The van der Waals surface area contributed by atoms with Crippen LogP contribution in [0.15, 0.2) is 60.7 Å². The van der Waals surface area contributed by atoms with Gasteiger partial charge in [-0.1, -0.05) is 60.7 Å². The first-order valence-electron chi connectivity index (χ1n) is 9.16. The lowest BCUT2D eigenvalue weighted by molar-refractivity contribution is -0.152. The molecule has 7 heteroatoms. The molecule has 1 amide bonds. The van der Waals surface area contributed by atoms with Crippen LogP contribution in [0.4, 0.5) is 0 Å². The molecular weight excluding hydrogens is 378 g/mol. The van der Waals surface area contributed by atoms with Crippen LogP contribution >= 0.6 is 0 Å². The zero-order chi connectivity index (χ0) is 20.0. The Balaban J connectivity index is 1.63. The Labute approximate surface area is 165 Å². The van der Waals surface area contributed by atoms with Crippen molar-refractivity contribution >= 4 is 21.7 Å². The maximum Gasteiger partial charge on any atom is 0.310 e. The lowest BCUT2D eigenvalue weighted by Gasteiger charge is -2.28. The Bertz CT molecular complexity index is 912. The van der Waals surface area contributed by atoms with E-state index in [9.17, 15) is 18.0 Å². The third-order valence-corrected chi connectivity index (χ3v) is 6.46. The van der Waals surface area contributed by atoms with Crippen LogP contribution in [-0.2, 0) is 37.1 Å². The molecule has 148 valence electrons. The van der Waals surface area contributed by atoms with Gasteiger partial charge in [0.1, 0.15) is 0 Å². The van der Waals surface area contributed by atoms with Crippen molar-refractivity contribution < 1.29 is 22.7 Å². The summed E-state index contributed by atoms with van der Waals surface area (Å²) in [6.07, 6.45) is 0.490. The van der Waals surface area contributed by atoms with Gasteiger partial charge in [-0.3, -0.25) is 9.59 Å². The minimum atomic E-state index is -3.14. The van der Waals surface area contributed by atoms with E-state index in [0.717, 1.165) is 11.1 Å². The van der Waals surface area contributed by atoms with E-state index in [-0.39, 0.29) is 30.4 Å². The smallest absolute Gasteiger partial charge is 0.310 e. The maximum absolute atomic E-state index is 12.8. The number of rotatable bonds is 7. The molecule has 0 spiro atoms. The fourth-order valence-corrected chi connectivity index (χ4v) is 4.99. The molecule has 0 aliphatic carbocycles. The molecule has 0 aromatic heterocycles. The van der Waals surface area contributed by atoms with E-state index in [2.05, 4.69) is 0 Å². The fourth-order valence-electron chi connectivity index (χ4n) is 3.26. The molecule has 1 atom stereocenters. The lowest BCUT2D eigenvalue weighted by atomic mass is 10.1. The molecule has 0 N–H and O–H groups in total. The molecule has 3 rings (SSSR count). The minimum Gasteiger partial charge on any atom is -0.455 e. The number of hydrogen-bond acceptors (Lipinski definition) is 5. The van der Waals surface area contributed by atoms with Gasteiger partial charge < -0.3 is 9.64 Å². The van der Waals surface area contributed by atoms with E-state index in [1.165, 1.54) is 4.90 Å². The average molecular weight is 401 g/mol. The number of sulfone groups is 1. The van der Waals surface area contributed by atoms with Gasteiger partial charge in [0.25, 0.3) is 5.91 Å². The van der Waals surface area contributed by atoms with Crippen LogP contribution in [0.3, 0.4) is 0 Å². The van der Waals surface area contributed by atoms with E-state index in [1.807, 2.05) is 60.7 Å². The fraction of sp³-hybridized carbons (Fsp3) is 0.333. The van der Waals surface area contributed by atoms with Crippen LogP contribution in [0.5, 0.6) is 0 Å². The van der Waals surface area contributed by atoms with Crippen LogP contribution in [0.1, 0.15) is 17.5 Å². The van der Waals surface area contributed by atoms with Gasteiger partial charge in [0.15, 0.2) is 16.4 Å². The summed E-state index contributed by atoms with van der Waals surface area (Å²) < 4.78 is 28.9. The number of amides is 1. The Morgan fingerprint density at radius 2 is 1.57 bits per heavy atom. The largest absolute Gasteiger partial charge is 0.455 e. The molecule has 0 radical (unpaired) electrons. The highest BCUT2D eigenvalue weighted by molar-refractivity contribution is 7.91. The first kappa shape index (κ1) is 20.1. The number of carbonyl (C=O) groups excluding carboxylic acids is 2. The average Bonchev–Trinajstić information content (AvgIpc) is 3.05. The summed E-state index contributed by atoms with van der Waals surface area (Å²) in [5, 5.41) is 0. The van der Waals surface area contributed by atoms with Crippen molar-refractivity contribution in [2.24, 2.45) is 0 Å². The van der Waals surface area contributed by atoms with Crippen molar-refractivity contribution in [3.8, 4) is 0 Å². The first-order valence-corrected chi connectivity index (χ1v) is 11.0. The van der Waals surface area contributed by atoms with Crippen LogP contribution in [0.25, 0.3) is 0 Å². The van der Waals surface area contributed by atoms with Gasteiger partial charge in [-0.2, -0.15) is 0 Å². The van der Waals surface area contributed by atoms with Gasteiger partial charge in [0.2, 0.25) is 0 Å². The van der Waals surface area contributed by atoms with Crippen molar-refractivity contribution in [2.45, 2.75) is 25.4 Å². The Morgan fingerprint density at radius 3 is 2.14 bits per heavy atom. The van der Waals surface area contributed by atoms with E-state index < -0.39 is 28.5 Å². The quantitative estimate of drug-likeness (QED) is 0.663. The van der Waals surface area contributed by atoms with Gasteiger partial charge >= 0.3 is 5.97 Å². The van der Waals surface area contributed by atoms with Crippen LogP contribution in [0.2, 0.25) is 0 Å². The molecule has 1 aliphatic rings.